The molecule has 16 amide bonds. The largest absolute Gasteiger partial charge is 0.481 e. The molecule has 42 heteroatoms. The maximum Gasteiger partial charge on any atom is 0.326 e. The van der Waals surface area contributed by atoms with E-state index in [0.29, 0.717) is 5.56 Å². The number of hydrogen-bond donors (Lipinski definition) is 23. The lowest BCUT2D eigenvalue weighted by Gasteiger charge is -2.31. The minimum atomic E-state index is -1.66. The zero-order valence-corrected chi connectivity index (χ0v) is 71.8. The molecule has 0 fully saturated rings. The number of nitrogens with one attached hydrogen (secondary N) is 15. The van der Waals surface area contributed by atoms with Gasteiger partial charge in [-0.3, -0.25) is 86.5 Å². The van der Waals surface area contributed by atoms with E-state index >= 15 is 0 Å². The van der Waals surface area contributed by atoms with Crippen LogP contribution in [-0.2, 0) is 92.7 Å². The highest BCUT2D eigenvalue weighted by atomic mass is 16.4. The number of carboxylic acid groups (broad SMARTS) is 2. The lowest BCUT2D eigenvalue weighted by atomic mass is 9.94. The molecule has 0 saturated carbocycles. The first kappa shape index (κ1) is 105. The monoisotopic (exact) mass is 1710 g/mol. The number of benzene rings is 1. The number of aliphatic carboxylic acids is 2. The summed E-state index contributed by atoms with van der Waals surface area (Å²) in [6.07, 6.45) is -2.16. The summed E-state index contributed by atoms with van der Waals surface area (Å²) in [6, 6.07) is -13.3. The maximum atomic E-state index is 14.8. The first-order chi connectivity index (χ1) is 56.6. The third-order valence-electron chi connectivity index (χ3n) is 20.3. The Balaban J connectivity index is 2.42. The number of aliphatic imine (C=N–C) groups is 1. The summed E-state index contributed by atoms with van der Waals surface area (Å²) in [5.41, 5.74) is 29.3. The molecule has 0 unspecified atom stereocenters. The summed E-state index contributed by atoms with van der Waals surface area (Å²) >= 11 is 0. The van der Waals surface area contributed by atoms with Gasteiger partial charge in [0.2, 0.25) is 94.5 Å². The first-order valence-corrected chi connectivity index (χ1v) is 40.8. The number of aliphatic hydroxyl groups is 1. The van der Waals surface area contributed by atoms with Gasteiger partial charge in [0, 0.05) is 49.3 Å². The fourth-order valence-electron chi connectivity index (χ4n) is 12.4. The molecule has 18 atom stereocenters. The molecule has 0 radical (unpaired) electrons. The number of para-hydroxylation sites is 1. The number of primary amides is 2. The molecule has 28 N–H and O–H groups in total. The lowest BCUT2D eigenvalue weighted by Crippen LogP contribution is -2.62. The lowest BCUT2D eigenvalue weighted by molar-refractivity contribution is -0.143. The van der Waals surface area contributed by atoms with Gasteiger partial charge in [0.05, 0.1) is 12.6 Å². The average Bonchev–Trinajstić information content (AvgIpc) is 1.70. The third-order valence-corrected chi connectivity index (χ3v) is 20.3. The van der Waals surface area contributed by atoms with E-state index in [2.05, 4.69) is 84.4 Å². The normalized spacial score (nSPS) is 15.8. The van der Waals surface area contributed by atoms with E-state index in [0.717, 1.165) is 10.9 Å². The van der Waals surface area contributed by atoms with Crippen molar-refractivity contribution in [2.75, 3.05) is 13.1 Å². The van der Waals surface area contributed by atoms with Crippen LogP contribution in [0.15, 0.2) is 35.5 Å². The Bertz CT molecular complexity index is 3920. The number of carbonyl (C=O) groups is 18. The second kappa shape index (κ2) is 52.5. The molecule has 678 valence electrons. The van der Waals surface area contributed by atoms with Gasteiger partial charge in [-0.05, 0) is 113 Å². The van der Waals surface area contributed by atoms with Crippen LogP contribution >= 0.6 is 0 Å². The van der Waals surface area contributed by atoms with Gasteiger partial charge in [0.25, 0.3) is 0 Å². The van der Waals surface area contributed by atoms with Crippen molar-refractivity contribution in [2.45, 2.75) is 284 Å². The fourth-order valence-corrected chi connectivity index (χ4v) is 12.4. The summed E-state index contributed by atoms with van der Waals surface area (Å²) in [7, 11) is 0. The predicted molar refractivity (Wildman–Crippen MR) is 445 cm³/mol. The van der Waals surface area contributed by atoms with Crippen LogP contribution in [0.3, 0.4) is 0 Å². The number of H-pyrrole nitrogens is 1. The predicted octanol–water partition coefficient (Wildman–Crippen LogP) is -3.70. The van der Waals surface area contributed by atoms with E-state index in [4.69, 9.17) is 28.7 Å². The number of nitrogens with two attached hydrogens (primary N) is 5. The number of hydrogen-bond acceptors (Lipinski definition) is 21. The second-order valence-corrected chi connectivity index (χ2v) is 31.8. The number of guanidine groups is 1. The zero-order valence-electron chi connectivity index (χ0n) is 71.8. The van der Waals surface area contributed by atoms with E-state index in [-0.39, 0.29) is 75.7 Å². The van der Waals surface area contributed by atoms with Crippen molar-refractivity contribution in [1.29, 1.82) is 0 Å². The number of carboxylic acids is 2. The van der Waals surface area contributed by atoms with E-state index in [1.54, 1.807) is 99.7 Å². The number of carbonyl (C=O) groups excluding carboxylic acids is 16. The number of amides is 16. The van der Waals surface area contributed by atoms with Crippen LogP contribution in [0.1, 0.15) is 193 Å². The molecular weight excluding hydrogens is 1580 g/mol. The smallest absolute Gasteiger partial charge is 0.326 e. The van der Waals surface area contributed by atoms with Crippen LogP contribution in [0.2, 0.25) is 0 Å². The standard InChI is InChI=1S/C79H131N21O21/c1-16-40(10)62(76(118)95-53(32-37(4)5)72(114)91-50(25-28-56(80)102)68(110)90-51(26-29-57(81)103)69(111)96-55(78(120)121)33-38(6)7)99-70(112)49(24-21-31-85-79(83)84)92-75(117)63(41(11)17-2)100-77(119)64(42(12)18-3)98-66(108)44(14)89-67(109)52(27-30-59(105)106)93-74(116)61(39(8)9)97-58(104)36-87-65(107)43(13)88-71(113)54(94-73(115)60(82)45(15)101)34-46-35-86-48-23-20-19-22-47(46)48/h19-20,22-23,35,37-45,49-55,60-64,86,101H,16-18,21,24-34,36,82H2,1-15H3,(H2,80,102)(H2,81,103)(H,87,107)(H,88,113)(H,89,109)(H,90,110)(H,91,114)(H,92,117)(H,93,116)(H,94,115)(H,95,118)(H,96,111)(H,97,104)(H,98,108)(H,99,112)(H,100,119)(H,105,106)(H,120,121)(H4,83,84,85)/t40-,41-,42-,43-,44-,45+,49-,50-,51-,52-,53-,54-,55-,60-,61-,62-,63-,64-/m0/s1. The van der Waals surface area contributed by atoms with Crippen LogP contribution in [-0.4, -0.2) is 236 Å². The van der Waals surface area contributed by atoms with Crippen molar-refractivity contribution in [1.82, 2.24) is 79.4 Å². The summed E-state index contributed by atoms with van der Waals surface area (Å²) in [4.78, 5) is 252. The SMILES string of the molecule is CC[C@H](C)[C@H](NC(=O)[C@H](C)NC(=O)[C@H](CCC(=O)O)NC(=O)[C@@H](NC(=O)CNC(=O)[C@H](C)NC(=O)[C@H](Cc1c[nH]c2ccccc12)NC(=O)[C@@H](N)[C@@H](C)O)C(C)C)C(=O)N[C@H](C(=O)N[C@@H](CCCN=C(N)N)C(=O)N[C@H](C(=O)N[C@@H](CC(C)C)C(=O)N[C@@H](CCC(N)=O)C(=O)N[C@@H](CCC(N)=O)C(=O)N[C@@H](CC(C)C)C(=O)O)[C@@H](C)CC)[C@@H](C)CC. The molecule has 0 aliphatic rings. The highest BCUT2D eigenvalue weighted by Gasteiger charge is 2.40. The van der Waals surface area contributed by atoms with Crippen LogP contribution in [0.5, 0.6) is 0 Å². The number of aliphatic hydroxyl groups excluding tert-OH is 1. The molecule has 2 aromatic rings. The van der Waals surface area contributed by atoms with Gasteiger partial charge < -0.3 is 123 Å². The topological polar surface area (TPSA) is 695 Å². The van der Waals surface area contributed by atoms with E-state index in [9.17, 15) is 102 Å². The van der Waals surface area contributed by atoms with Crippen molar-refractivity contribution in [3.8, 4) is 0 Å². The van der Waals surface area contributed by atoms with Crippen molar-refractivity contribution in [3.63, 3.8) is 0 Å². The van der Waals surface area contributed by atoms with Crippen LogP contribution < -0.4 is 103 Å². The quantitative estimate of drug-likeness (QED) is 0.0172. The summed E-state index contributed by atoms with van der Waals surface area (Å²) in [5.74, 6) is -21.2. The van der Waals surface area contributed by atoms with Gasteiger partial charge >= 0.3 is 11.9 Å². The highest BCUT2D eigenvalue weighted by Crippen LogP contribution is 2.21. The van der Waals surface area contributed by atoms with E-state index in [1.165, 1.54) is 34.6 Å². The number of aromatic nitrogens is 1. The van der Waals surface area contributed by atoms with Crippen LogP contribution in [0, 0.1) is 35.5 Å². The van der Waals surface area contributed by atoms with E-state index < -0.39 is 266 Å². The molecule has 1 aromatic heterocycles. The van der Waals surface area contributed by atoms with Crippen molar-refractivity contribution in [2.24, 2.45) is 69.2 Å². The Morgan fingerprint density at radius 1 is 0.421 bits per heavy atom. The van der Waals surface area contributed by atoms with Crippen LogP contribution in [0.25, 0.3) is 10.9 Å². The molecule has 1 heterocycles. The zero-order chi connectivity index (χ0) is 92.0. The molecule has 0 spiro atoms. The molecule has 0 aliphatic carbocycles. The molecule has 121 heavy (non-hydrogen) atoms. The van der Waals surface area contributed by atoms with Gasteiger partial charge in [-0.1, -0.05) is 121 Å². The molecule has 2 rings (SSSR count). The molecule has 0 bridgehead atoms. The molecule has 0 saturated heterocycles. The Morgan fingerprint density at radius 3 is 1.26 bits per heavy atom. The van der Waals surface area contributed by atoms with Crippen molar-refractivity contribution < 1.29 is 102 Å². The number of nitrogens with zero attached hydrogens (tertiary/aromatic N) is 1. The van der Waals surface area contributed by atoms with Crippen molar-refractivity contribution >= 4 is 123 Å². The maximum absolute atomic E-state index is 14.8. The van der Waals surface area contributed by atoms with Gasteiger partial charge in [0.15, 0.2) is 5.96 Å². The molecule has 0 aliphatic heterocycles. The average molecular weight is 1710 g/mol. The number of fused-ring (bicyclic) bond motifs is 1. The number of aromatic amines is 1. The summed E-state index contributed by atoms with van der Waals surface area (Å²) in [6.45, 7) is 23.0. The van der Waals surface area contributed by atoms with Gasteiger partial charge in [0.1, 0.15) is 84.6 Å². The van der Waals surface area contributed by atoms with Gasteiger partial charge in [-0.15, -0.1) is 0 Å². The van der Waals surface area contributed by atoms with E-state index in [1.807, 2.05) is 0 Å². The number of rotatable bonds is 56. The second-order valence-electron chi connectivity index (χ2n) is 31.8. The third kappa shape index (κ3) is 37.3. The molecular formula is C79H131N21O21. The minimum Gasteiger partial charge on any atom is -0.481 e. The van der Waals surface area contributed by atoms with Gasteiger partial charge in [-0.25, -0.2) is 4.79 Å². The molecule has 42 nitrogen and oxygen atoms in total. The fraction of sp³-hybridized carbons (Fsp3) is 0.658. The first-order valence-electron chi connectivity index (χ1n) is 40.8. The summed E-state index contributed by atoms with van der Waals surface area (Å²) < 4.78 is 0. The minimum absolute atomic E-state index is 0.00678. The van der Waals surface area contributed by atoms with Crippen molar-refractivity contribution in [3.05, 3.63) is 36.0 Å². The Morgan fingerprint density at radius 2 is 0.802 bits per heavy atom. The summed E-state index contributed by atoms with van der Waals surface area (Å²) in [5, 5.41) is 65.7. The van der Waals surface area contributed by atoms with Crippen LogP contribution in [0.4, 0.5) is 0 Å². The van der Waals surface area contributed by atoms with Gasteiger partial charge in [-0.2, -0.15) is 0 Å². The molecule has 1 aromatic carbocycles. The Hall–Kier alpha value is -11.6. The Labute approximate surface area is 704 Å². The highest BCUT2D eigenvalue weighted by molar-refractivity contribution is 6.01. The Kier molecular flexibility index (Phi) is 45.7.